The van der Waals surface area contributed by atoms with Crippen molar-refractivity contribution in [1.82, 2.24) is 4.90 Å². The highest BCUT2D eigenvalue weighted by molar-refractivity contribution is 6.00. The predicted octanol–water partition coefficient (Wildman–Crippen LogP) is 0.744. The number of hydrogen-bond acceptors (Lipinski definition) is 3. The van der Waals surface area contributed by atoms with Crippen molar-refractivity contribution < 1.29 is 14.0 Å². The number of hydrogen-bond donors (Lipinski definition) is 2. The number of anilines is 1. The second-order valence-electron chi connectivity index (χ2n) is 4.19. The molecule has 1 aromatic carbocycles. The summed E-state index contributed by atoms with van der Waals surface area (Å²) in [5.74, 6) is -1.81. The maximum atomic E-state index is 13.3. The van der Waals surface area contributed by atoms with Gasteiger partial charge >= 0.3 is 0 Å². The molecule has 0 spiro atoms. The lowest BCUT2D eigenvalue weighted by Gasteiger charge is -2.25. The molecule has 0 bridgehead atoms. The van der Waals surface area contributed by atoms with Crippen molar-refractivity contribution in [2.45, 2.75) is 19.9 Å². The van der Waals surface area contributed by atoms with Crippen LogP contribution in [0.1, 0.15) is 24.2 Å². The second-order valence-corrected chi connectivity index (χ2v) is 4.19. The Labute approximate surface area is 105 Å². The Balaban J connectivity index is 3.10. The lowest BCUT2D eigenvalue weighted by atomic mass is 10.1. The first kappa shape index (κ1) is 14.0. The lowest BCUT2D eigenvalue weighted by molar-refractivity contribution is -0.119. The fraction of sp³-hybridized carbons (Fsp3) is 0.333. The van der Waals surface area contributed by atoms with Gasteiger partial charge in [-0.3, -0.25) is 9.59 Å². The highest BCUT2D eigenvalue weighted by Gasteiger charge is 2.23. The van der Waals surface area contributed by atoms with Gasteiger partial charge in [0.15, 0.2) is 0 Å². The molecule has 0 atom stereocenters. The van der Waals surface area contributed by atoms with Crippen molar-refractivity contribution >= 4 is 17.5 Å². The summed E-state index contributed by atoms with van der Waals surface area (Å²) in [6.45, 7) is 3.24. The number of rotatable bonds is 4. The van der Waals surface area contributed by atoms with Crippen LogP contribution in [0.5, 0.6) is 0 Å². The summed E-state index contributed by atoms with van der Waals surface area (Å²) < 4.78 is 13.3. The van der Waals surface area contributed by atoms with E-state index in [1.54, 1.807) is 13.8 Å². The number of para-hydroxylation sites is 1. The standard InChI is InChI=1S/C12H16FN3O2/c1-7(2)16(6-10(14)17)12(18)8-4-3-5-9(13)11(8)15/h3-5,7H,6,15H2,1-2H3,(H2,14,17). The lowest BCUT2D eigenvalue weighted by Crippen LogP contribution is -2.43. The predicted molar refractivity (Wildman–Crippen MR) is 66.2 cm³/mol. The van der Waals surface area contributed by atoms with E-state index in [1.807, 2.05) is 0 Å². The van der Waals surface area contributed by atoms with Crippen LogP contribution in [-0.2, 0) is 4.79 Å². The van der Waals surface area contributed by atoms with E-state index >= 15 is 0 Å². The van der Waals surface area contributed by atoms with Gasteiger partial charge in [0.2, 0.25) is 5.91 Å². The Morgan fingerprint density at radius 3 is 2.50 bits per heavy atom. The average molecular weight is 253 g/mol. The summed E-state index contributed by atoms with van der Waals surface area (Å²) in [5.41, 5.74) is 10.4. The van der Waals surface area contributed by atoms with E-state index in [2.05, 4.69) is 0 Å². The van der Waals surface area contributed by atoms with Gasteiger partial charge in [-0.15, -0.1) is 0 Å². The zero-order valence-electron chi connectivity index (χ0n) is 10.3. The average Bonchev–Trinajstić information content (AvgIpc) is 2.28. The van der Waals surface area contributed by atoms with Crippen LogP contribution in [0.3, 0.4) is 0 Å². The van der Waals surface area contributed by atoms with Crippen LogP contribution < -0.4 is 11.5 Å². The van der Waals surface area contributed by atoms with Gasteiger partial charge in [0.25, 0.3) is 5.91 Å². The summed E-state index contributed by atoms with van der Waals surface area (Å²) in [7, 11) is 0. The van der Waals surface area contributed by atoms with Crippen LogP contribution in [0.4, 0.5) is 10.1 Å². The molecule has 1 rings (SSSR count). The van der Waals surface area contributed by atoms with Crippen molar-refractivity contribution in [3.63, 3.8) is 0 Å². The Morgan fingerprint density at radius 1 is 1.39 bits per heavy atom. The summed E-state index contributed by atoms with van der Waals surface area (Å²) in [6, 6.07) is 3.73. The highest BCUT2D eigenvalue weighted by Crippen LogP contribution is 2.18. The van der Waals surface area contributed by atoms with E-state index in [0.29, 0.717) is 0 Å². The van der Waals surface area contributed by atoms with Crippen molar-refractivity contribution in [3.05, 3.63) is 29.6 Å². The van der Waals surface area contributed by atoms with E-state index in [9.17, 15) is 14.0 Å². The smallest absolute Gasteiger partial charge is 0.256 e. The number of nitrogen functional groups attached to an aromatic ring is 1. The number of nitrogens with zero attached hydrogens (tertiary/aromatic N) is 1. The molecule has 0 radical (unpaired) electrons. The number of nitrogens with two attached hydrogens (primary N) is 2. The number of carbonyl (C=O) groups excluding carboxylic acids is 2. The molecular weight excluding hydrogens is 237 g/mol. The van der Waals surface area contributed by atoms with Gasteiger partial charge in [0, 0.05) is 6.04 Å². The van der Waals surface area contributed by atoms with Crippen molar-refractivity contribution in [3.8, 4) is 0 Å². The first-order chi connectivity index (χ1) is 8.34. The zero-order valence-corrected chi connectivity index (χ0v) is 10.3. The molecule has 0 unspecified atom stereocenters. The summed E-state index contributed by atoms with van der Waals surface area (Å²) >= 11 is 0. The Bertz CT molecular complexity index is 474. The molecule has 5 nitrogen and oxygen atoms in total. The largest absolute Gasteiger partial charge is 0.396 e. The molecule has 0 aliphatic carbocycles. The third-order valence-corrected chi connectivity index (χ3v) is 2.49. The maximum absolute atomic E-state index is 13.3. The molecule has 98 valence electrons. The minimum absolute atomic E-state index is 0.0324. The van der Waals surface area contributed by atoms with Gasteiger partial charge in [-0.25, -0.2) is 4.39 Å². The topological polar surface area (TPSA) is 89.4 Å². The Hall–Kier alpha value is -2.11. The molecule has 1 aromatic rings. The highest BCUT2D eigenvalue weighted by atomic mass is 19.1. The van der Waals surface area contributed by atoms with E-state index in [1.165, 1.54) is 23.1 Å². The molecule has 0 aromatic heterocycles. The van der Waals surface area contributed by atoms with Gasteiger partial charge < -0.3 is 16.4 Å². The third kappa shape index (κ3) is 2.97. The number of carbonyl (C=O) groups is 2. The molecule has 0 heterocycles. The Kier molecular flexibility index (Phi) is 4.25. The van der Waals surface area contributed by atoms with Gasteiger partial charge in [-0.1, -0.05) is 6.07 Å². The van der Waals surface area contributed by atoms with Crippen molar-refractivity contribution in [2.75, 3.05) is 12.3 Å². The van der Waals surface area contributed by atoms with Gasteiger partial charge in [-0.2, -0.15) is 0 Å². The fourth-order valence-corrected chi connectivity index (χ4v) is 1.54. The maximum Gasteiger partial charge on any atom is 0.256 e. The molecule has 2 amide bonds. The molecule has 0 aliphatic heterocycles. The third-order valence-electron chi connectivity index (χ3n) is 2.49. The van der Waals surface area contributed by atoms with E-state index in [0.717, 1.165) is 0 Å². The van der Waals surface area contributed by atoms with Gasteiger partial charge in [-0.05, 0) is 26.0 Å². The number of primary amides is 1. The molecule has 0 aliphatic rings. The van der Waals surface area contributed by atoms with E-state index in [-0.39, 0.29) is 23.8 Å². The van der Waals surface area contributed by atoms with Crippen LogP contribution in [0.25, 0.3) is 0 Å². The van der Waals surface area contributed by atoms with Crippen LogP contribution in [-0.4, -0.2) is 29.3 Å². The number of halogens is 1. The number of benzene rings is 1. The molecular formula is C12H16FN3O2. The van der Waals surface area contributed by atoms with Crippen molar-refractivity contribution in [1.29, 1.82) is 0 Å². The molecule has 6 heteroatoms. The minimum atomic E-state index is -0.663. The Morgan fingerprint density at radius 2 is 2.00 bits per heavy atom. The van der Waals surface area contributed by atoms with Crippen LogP contribution in [0.2, 0.25) is 0 Å². The fourth-order valence-electron chi connectivity index (χ4n) is 1.54. The monoisotopic (exact) mass is 253 g/mol. The molecule has 4 N–H and O–H groups in total. The second kappa shape index (κ2) is 5.48. The van der Waals surface area contributed by atoms with Gasteiger partial charge in [0.05, 0.1) is 17.8 Å². The van der Waals surface area contributed by atoms with E-state index < -0.39 is 17.6 Å². The summed E-state index contributed by atoms with van der Waals surface area (Å²) in [6.07, 6.45) is 0. The van der Waals surface area contributed by atoms with Crippen LogP contribution >= 0.6 is 0 Å². The SMILES string of the molecule is CC(C)N(CC(N)=O)C(=O)c1cccc(F)c1N. The quantitative estimate of drug-likeness (QED) is 0.776. The molecule has 0 saturated carbocycles. The first-order valence-electron chi connectivity index (χ1n) is 5.47. The minimum Gasteiger partial charge on any atom is -0.396 e. The van der Waals surface area contributed by atoms with Crippen LogP contribution in [0.15, 0.2) is 18.2 Å². The van der Waals surface area contributed by atoms with Crippen LogP contribution in [0, 0.1) is 5.82 Å². The number of amides is 2. The zero-order chi connectivity index (χ0) is 13.9. The molecule has 18 heavy (non-hydrogen) atoms. The van der Waals surface area contributed by atoms with Gasteiger partial charge in [0.1, 0.15) is 5.82 Å². The van der Waals surface area contributed by atoms with E-state index in [4.69, 9.17) is 11.5 Å². The normalized spacial score (nSPS) is 10.4. The summed E-state index contributed by atoms with van der Waals surface area (Å²) in [5, 5.41) is 0. The summed E-state index contributed by atoms with van der Waals surface area (Å²) in [4.78, 5) is 24.3. The molecule has 0 fully saturated rings. The first-order valence-corrected chi connectivity index (χ1v) is 5.47. The molecule has 0 saturated heterocycles. The van der Waals surface area contributed by atoms with Crippen molar-refractivity contribution in [2.24, 2.45) is 5.73 Å².